The number of amides is 1. The van der Waals surface area contributed by atoms with Crippen LogP contribution < -0.4 is 0 Å². The number of rotatable bonds is 5. The van der Waals surface area contributed by atoms with Gasteiger partial charge in [-0.2, -0.15) is 0 Å². The van der Waals surface area contributed by atoms with Gasteiger partial charge in [-0.15, -0.1) is 0 Å². The van der Waals surface area contributed by atoms with Gasteiger partial charge in [-0.1, -0.05) is 60.7 Å². The summed E-state index contributed by atoms with van der Waals surface area (Å²) in [7, 11) is 2.17. The number of carbonyl (C=O) groups is 1. The van der Waals surface area contributed by atoms with Gasteiger partial charge in [0, 0.05) is 57.6 Å². The van der Waals surface area contributed by atoms with Crippen molar-refractivity contribution in [2.45, 2.75) is 24.7 Å². The molecule has 4 heteroatoms. The Bertz CT molecular complexity index is 745. The highest BCUT2D eigenvalue weighted by Gasteiger charge is 2.39. The number of likely N-dealkylation sites (tertiary alicyclic amines) is 1. The van der Waals surface area contributed by atoms with E-state index < -0.39 is 0 Å². The monoisotopic (exact) mass is 391 g/mol. The first kappa shape index (κ1) is 20.1. The summed E-state index contributed by atoms with van der Waals surface area (Å²) < 4.78 is 0. The normalized spacial score (nSPS) is 20.5. The van der Waals surface area contributed by atoms with Crippen LogP contribution in [-0.4, -0.2) is 73.5 Å². The largest absolute Gasteiger partial charge is 0.341 e. The quantitative estimate of drug-likeness (QED) is 0.783. The molecule has 0 aliphatic carbocycles. The molecule has 29 heavy (non-hydrogen) atoms. The Morgan fingerprint density at radius 1 is 0.862 bits per heavy atom. The molecule has 4 nitrogen and oxygen atoms in total. The lowest BCUT2D eigenvalue weighted by molar-refractivity contribution is -0.133. The van der Waals surface area contributed by atoms with Gasteiger partial charge in [0.25, 0.3) is 0 Å². The number of benzene rings is 2. The lowest BCUT2D eigenvalue weighted by atomic mass is 9.69. The van der Waals surface area contributed by atoms with E-state index in [2.05, 4.69) is 82.4 Å². The van der Waals surface area contributed by atoms with Crippen molar-refractivity contribution in [3.05, 3.63) is 71.8 Å². The third-order valence-corrected chi connectivity index (χ3v) is 6.74. The minimum Gasteiger partial charge on any atom is -0.341 e. The second kappa shape index (κ2) is 9.10. The number of likely N-dealkylation sites (N-methyl/N-ethyl adjacent to an activating group) is 1. The highest BCUT2D eigenvalue weighted by molar-refractivity contribution is 5.77. The predicted octanol–water partition coefficient (Wildman–Crippen LogP) is 3.23. The van der Waals surface area contributed by atoms with Gasteiger partial charge in [-0.05, 0) is 31.0 Å². The summed E-state index contributed by atoms with van der Waals surface area (Å²) in [5.74, 6) is 0.305. The highest BCUT2D eigenvalue weighted by atomic mass is 16.2. The topological polar surface area (TPSA) is 26.8 Å². The van der Waals surface area contributed by atoms with Crippen molar-refractivity contribution in [1.82, 2.24) is 14.7 Å². The van der Waals surface area contributed by atoms with E-state index in [4.69, 9.17) is 0 Å². The summed E-state index contributed by atoms with van der Waals surface area (Å²) in [6.45, 7) is 6.88. The molecule has 0 N–H and O–H groups in total. The molecule has 2 aliphatic heterocycles. The van der Waals surface area contributed by atoms with Crippen LogP contribution in [0.3, 0.4) is 0 Å². The fourth-order valence-corrected chi connectivity index (χ4v) is 4.90. The Hall–Kier alpha value is -2.17. The fraction of sp³-hybridized carbons (Fsp3) is 0.480. The molecule has 2 heterocycles. The van der Waals surface area contributed by atoms with Gasteiger partial charge in [0.2, 0.25) is 5.91 Å². The molecule has 0 aromatic heterocycles. The molecule has 0 radical (unpaired) electrons. The van der Waals surface area contributed by atoms with Crippen molar-refractivity contribution in [1.29, 1.82) is 0 Å². The second-order valence-corrected chi connectivity index (χ2v) is 8.63. The van der Waals surface area contributed by atoms with Gasteiger partial charge in [0.05, 0.1) is 0 Å². The Kier molecular flexibility index (Phi) is 6.31. The summed E-state index contributed by atoms with van der Waals surface area (Å²) in [6, 6.07) is 21.5. The SMILES string of the molecule is CN1CCN(CCC(=O)N2CCCC(c3ccccc3)(c3ccccc3)C2)CC1. The first-order valence-corrected chi connectivity index (χ1v) is 11.0. The molecular formula is C25H33N3O. The van der Waals surface area contributed by atoms with Crippen LogP contribution >= 0.6 is 0 Å². The van der Waals surface area contributed by atoms with Crippen LogP contribution in [-0.2, 0) is 10.2 Å². The van der Waals surface area contributed by atoms with Crippen LogP contribution in [0.15, 0.2) is 60.7 Å². The van der Waals surface area contributed by atoms with Crippen molar-refractivity contribution in [2.24, 2.45) is 0 Å². The lowest BCUT2D eigenvalue weighted by Gasteiger charge is -2.44. The summed E-state index contributed by atoms with van der Waals surface area (Å²) in [4.78, 5) is 20.1. The maximum absolute atomic E-state index is 13.1. The molecule has 4 rings (SSSR count). The van der Waals surface area contributed by atoms with Gasteiger partial charge >= 0.3 is 0 Å². The molecule has 0 spiro atoms. The maximum atomic E-state index is 13.1. The van der Waals surface area contributed by atoms with Gasteiger partial charge in [-0.25, -0.2) is 0 Å². The summed E-state index contributed by atoms with van der Waals surface area (Å²) in [5, 5.41) is 0. The zero-order valence-corrected chi connectivity index (χ0v) is 17.6. The lowest BCUT2D eigenvalue weighted by Crippen LogP contribution is -2.50. The molecule has 0 unspecified atom stereocenters. The van der Waals surface area contributed by atoms with Crippen molar-refractivity contribution in [3.63, 3.8) is 0 Å². The summed E-state index contributed by atoms with van der Waals surface area (Å²) in [6.07, 6.45) is 2.76. The first-order valence-electron chi connectivity index (χ1n) is 11.0. The van der Waals surface area contributed by atoms with Crippen LogP contribution in [0, 0.1) is 0 Å². The van der Waals surface area contributed by atoms with Gasteiger partial charge in [-0.3, -0.25) is 4.79 Å². The van der Waals surface area contributed by atoms with Crippen LogP contribution in [0.2, 0.25) is 0 Å². The number of carbonyl (C=O) groups excluding carboxylic acids is 1. The molecular weight excluding hydrogens is 358 g/mol. The fourth-order valence-electron chi connectivity index (χ4n) is 4.90. The number of hydrogen-bond donors (Lipinski definition) is 0. The van der Waals surface area contributed by atoms with Gasteiger partial charge in [0.1, 0.15) is 0 Å². The molecule has 2 aromatic rings. The minimum atomic E-state index is -0.107. The number of piperidine rings is 1. The average molecular weight is 392 g/mol. The molecule has 2 aromatic carbocycles. The Morgan fingerprint density at radius 2 is 1.45 bits per heavy atom. The Labute approximate surface area is 175 Å². The summed E-state index contributed by atoms with van der Waals surface area (Å²) >= 11 is 0. The van der Waals surface area contributed by atoms with Crippen LogP contribution in [0.5, 0.6) is 0 Å². The second-order valence-electron chi connectivity index (χ2n) is 8.63. The van der Waals surface area contributed by atoms with E-state index in [0.29, 0.717) is 12.3 Å². The third-order valence-electron chi connectivity index (χ3n) is 6.74. The van der Waals surface area contributed by atoms with E-state index in [1.165, 1.54) is 11.1 Å². The molecule has 1 amide bonds. The van der Waals surface area contributed by atoms with Crippen molar-refractivity contribution in [3.8, 4) is 0 Å². The van der Waals surface area contributed by atoms with E-state index in [1.54, 1.807) is 0 Å². The Balaban J connectivity index is 1.49. The first-order chi connectivity index (χ1) is 14.2. The molecule has 0 atom stereocenters. The zero-order chi connectivity index (χ0) is 20.1. The maximum Gasteiger partial charge on any atom is 0.223 e. The van der Waals surface area contributed by atoms with Crippen LogP contribution in [0.1, 0.15) is 30.4 Å². The predicted molar refractivity (Wildman–Crippen MR) is 118 cm³/mol. The van der Waals surface area contributed by atoms with Gasteiger partial charge in [0.15, 0.2) is 0 Å². The van der Waals surface area contributed by atoms with E-state index in [1.807, 2.05) is 0 Å². The smallest absolute Gasteiger partial charge is 0.223 e. The average Bonchev–Trinajstić information content (AvgIpc) is 2.79. The molecule has 0 bridgehead atoms. The number of piperazine rings is 1. The van der Waals surface area contributed by atoms with E-state index >= 15 is 0 Å². The molecule has 0 saturated carbocycles. The van der Waals surface area contributed by atoms with E-state index in [-0.39, 0.29) is 5.41 Å². The molecule has 2 aliphatic rings. The van der Waals surface area contributed by atoms with Crippen molar-refractivity contribution in [2.75, 3.05) is 52.9 Å². The molecule has 2 fully saturated rings. The standard InChI is InChI=1S/C25H33N3O/c1-26-17-19-27(20-18-26)16-13-24(29)28-15-8-14-25(21-28,22-9-4-2-5-10-22)23-11-6-3-7-12-23/h2-7,9-12H,8,13-21H2,1H3. The summed E-state index contributed by atoms with van der Waals surface area (Å²) in [5.41, 5.74) is 2.54. The van der Waals surface area contributed by atoms with Crippen LogP contribution in [0.4, 0.5) is 0 Å². The van der Waals surface area contributed by atoms with Crippen molar-refractivity contribution >= 4 is 5.91 Å². The van der Waals surface area contributed by atoms with E-state index in [9.17, 15) is 4.79 Å². The van der Waals surface area contributed by atoms with Crippen molar-refractivity contribution < 1.29 is 4.79 Å². The molecule has 154 valence electrons. The van der Waals surface area contributed by atoms with Gasteiger partial charge < -0.3 is 14.7 Å². The number of hydrogen-bond acceptors (Lipinski definition) is 3. The van der Waals surface area contributed by atoms with Crippen LogP contribution in [0.25, 0.3) is 0 Å². The molecule has 2 saturated heterocycles. The minimum absolute atomic E-state index is 0.107. The number of nitrogens with zero attached hydrogens (tertiary/aromatic N) is 3. The third kappa shape index (κ3) is 4.54. The zero-order valence-electron chi connectivity index (χ0n) is 17.6. The van der Waals surface area contributed by atoms with E-state index in [0.717, 1.165) is 58.7 Å². The Morgan fingerprint density at radius 3 is 2.03 bits per heavy atom. The highest BCUT2D eigenvalue weighted by Crippen LogP contribution is 2.40.